The molecule has 5 atom stereocenters. The van der Waals surface area contributed by atoms with Gasteiger partial charge in [0.1, 0.15) is 25.4 Å². The van der Waals surface area contributed by atoms with Crippen LogP contribution in [0.2, 0.25) is 0 Å². The van der Waals surface area contributed by atoms with E-state index in [1.54, 1.807) is 0 Å². The normalized spacial score (nSPS) is 14.3. The SMILES string of the molecule is CC/C=C\C/C=C\C/C=C\C/C=C\C/C=C\CCCCCCCCCCCCCCCCCCCC(=O)OCC(O)COP(=O)(O)OCC(O)COP(=O)(O)OCC(COC(=O)CCCCCCCCCCCCCCCCCCC/C=C\C/C=C\C/C=C\C/C=C\CCCCC)OC(=O)CCCCCCCCCCCCC/C=C\C/C=C\C/C=C\C/C=C\C/C=C\CC. The van der Waals surface area contributed by atoms with Crippen LogP contribution in [0.5, 0.6) is 0 Å². The summed E-state index contributed by atoms with van der Waals surface area (Å²) in [7, 11) is -9.82. The predicted octanol–water partition coefficient (Wildman–Crippen LogP) is 33.3. The van der Waals surface area contributed by atoms with Crippen LogP contribution in [-0.4, -0.2) is 95.9 Å². The Kier molecular flexibility index (Phi) is 97.8. The van der Waals surface area contributed by atoms with Crippen molar-refractivity contribution in [2.24, 2.45) is 0 Å². The summed E-state index contributed by atoms with van der Waals surface area (Å²) in [5.41, 5.74) is 0. The molecule has 0 aromatic carbocycles. The van der Waals surface area contributed by atoms with Crippen molar-refractivity contribution < 1.29 is 75.8 Å². The van der Waals surface area contributed by atoms with E-state index in [-0.39, 0.29) is 19.3 Å². The van der Waals surface area contributed by atoms with E-state index in [1.165, 1.54) is 244 Å². The van der Waals surface area contributed by atoms with Crippen LogP contribution in [0.4, 0.5) is 0 Å². The summed E-state index contributed by atoms with van der Waals surface area (Å²) >= 11 is 0. The molecule has 0 aliphatic rings. The molecule has 0 bridgehead atoms. The Morgan fingerprint density at radius 2 is 0.411 bits per heavy atom. The molecule has 0 aromatic heterocycles. The molecule has 0 fully saturated rings. The lowest BCUT2D eigenvalue weighted by atomic mass is 10.0. The average Bonchev–Trinajstić information content (AvgIpc) is 0.894. The fourth-order valence-electron chi connectivity index (χ4n) is 14.6. The third-order valence-corrected chi connectivity index (χ3v) is 24.3. The van der Waals surface area contributed by atoms with E-state index in [2.05, 4.69) is 191 Å². The second-order valence-corrected chi connectivity index (χ2v) is 37.8. The zero-order valence-corrected chi connectivity index (χ0v) is 84.1. The highest BCUT2D eigenvalue weighted by molar-refractivity contribution is 7.47. The van der Waals surface area contributed by atoms with Gasteiger partial charge in [0.25, 0.3) is 0 Å². The van der Waals surface area contributed by atoms with E-state index in [4.69, 9.17) is 32.3 Å². The van der Waals surface area contributed by atoms with Crippen molar-refractivity contribution >= 4 is 33.6 Å². The maximum Gasteiger partial charge on any atom is 0.472 e. The molecule has 0 saturated heterocycles. The maximum atomic E-state index is 13.1. The quantitative estimate of drug-likeness (QED) is 0.0146. The first kappa shape index (κ1) is 124. The minimum absolute atomic E-state index is 0.0986. The molecule has 0 radical (unpaired) electrons. The number of aliphatic hydroxyl groups is 2. The summed E-state index contributed by atoms with van der Waals surface area (Å²) in [6, 6.07) is 0. The molecule has 0 saturated carbocycles. The van der Waals surface area contributed by atoms with Gasteiger partial charge in [0, 0.05) is 19.3 Å². The summed E-state index contributed by atoms with van der Waals surface area (Å²) in [6.45, 7) is 2.51. The zero-order chi connectivity index (χ0) is 93.5. The van der Waals surface area contributed by atoms with Gasteiger partial charge in [-0.1, -0.05) is 454 Å². The minimum atomic E-state index is -4.95. The first-order chi connectivity index (χ1) is 63.2. The molecule has 0 aromatic rings. The van der Waals surface area contributed by atoms with E-state index < -0.39 is 91.5 Å². The fraction of sp³-hybridized carbons (Fsp3) is 0.721. The number of ether oxygens (including phenoxy) is 3. The van der Waals surface area contributed by atoms with Crippen molar-refractivity contribution in [3.05, 3.63) is 170 Å². The molecule has 0 aliphatic heterocycles. The number of hydrogen-bond acceptors (Lipinski definition) is 14. The van der Waals surface area contributed by atoms with Gasteiger partial charge in [-0.3, -0.25) is 32.5 Å². The van der Waals surface area contributed by atoms with Crippen molar-refractivity contribution in [2.45, 2.75) is 476 Å². The molecule has 5 unspecified atom stereocenters. The van der Waals surface area contributed by atoms with Gasteiger partial charge in [-0.2, -0.15) is 0 Å². The van der Waals surface area contributed by atoms with E-state index in [0.29, 0.717) is 19.3 Å². The fourth-order valence-corrected chi connectivity index (χ4v) is 16.1. The number of rotatable bonds is 99. The second kappa shape index (κ2) is 102. The van der Waals surface area contributed by atoms with Gasteiger partial charge in [-0.15, -0.1) is 0 Å². The van der Waals surface area contributed by atoms with Gasteiger partial charge in [0.2, 0.25) is 0 Å². The number of esters is 3. The van der Waals surface area contributed by atoms with Crippen molar-refractivity contribution in [1.82, 2.24) is 0 Å². The molecule has 0 aliphatic carbocycles. The Balaban J connectivity index is 4.59. The molecular weight excluding hydrogens is 1650 g/mol. The average molecular weight is 1840 g/mol. The summed E-state index contributed by atoms with van der Waals surface area (Å²) in [6.07, 6.45) is 134. The topological polar surface area (TPSA) is 231 Å². The lowest BCUT2D eigenvalue weighted by molar-refractivity contribution is -0.161. The van der Waals surface area contributed by atoms with Crippen molar-refractivity contribution in [3.8, 4) is 0 Å². The Hall–Kier alpha value is -5.09. The lowest BCUT2D eigenvalue weighted by Crippen LogP contribution is -2.30. The number of unbranched alkanes of at least 4 members (excludes halogenated alkanes) is 48. The highest BCUT2D eigenvalue weighted by Gasteiger charge is 2.30. The van der Waals surface area contributed by atoms with Crippen LogP contribution in [-0.2, 0) is 55.8 Å². The largest absolute Gasteiger partial charge is 0.472 e. The van der Waals surface area contributed by atoms with Gasteiger partial charge in [-0.25, -0.2) is 9.13 Å². The number of carbonyl (C=O) groups excluding carboxylic acids is 3. The zero-order valence-electron chi connectivity index (χ0n) is 82.3. The highest BCUT2D eigenvalue weighted by Crippen LogP contribution is 2.45. The Morgan fingerprint density at radius 3 is 0.651 bits per heavy atom. The molecule has 0 spiro atoms. The smallest absolute Gasteiger partial charge is 0.463 e. The third-order valence-electron chi connectivity index (χ3n) is 22.4. The van der Waals surface area contributed by atoms with Gasteiger partial charge in [0.05, 0.1) is 26.4 Å². The van der Waals surface area contributed by atoms with E-state index in [9.17, 15) is 43.5 Å². The summed E-state index contributed by atoms with van der Waals surface area (Å²) < 4.78 is 61.7. The number of carbonyl (C=O) groups is 3. The van der Waals surface area contributed by atoms with E-state index >= 15 is 0 Å². The van der Waals surface area contributed by atoms with Gasteiger partial charge < -0.3 is 34.2 Å². The first-order valence-corrected chi connectivity index (χ1v) is 55.4. The number of hydrogen-bond donors (Lipinski definition) is 4. The molecule has 0 heterocycles. The lowest BCUT2D eigenvalue weighted by Gasteiger charge is -2.21. The van der Waals surface area contributed by atoms with Crippen LogP contribution in [0.15, 0.2) is 170 Å². The molecule has 18 heteroatoms. The maximum absolute atomic E-state index is 13.1. The van der Waals surface area contributed by atoms with Crippen LogP contribution < -0.4 is 0 Å². The third kappa shape index (κ3) is 103. The molecular formula is C111H192O16P2. The molecule has 129 heavy (non-hydrogen) atoms. The number of phosphoric acid groups is 2. The number of allylic oxidation sites excluding steroid dienone is 28. The van der Waals surface area contributed by atoms with Crippen LogP contribution in [0, 0.1) is 0 Å². The Morgan fingerprint density at radius 1 is 0.225 bits per heavy atom. The molecule has 742 valence electrons. The monoisotopic (exact) mass is 1840 g/mol. The number of aliphatic hydroxyl groups excluding tert-OH is 2. The van der Waals surface area contributed by atoms with Gasteiger partial charge >= 0.3 is 33.6 Å². The van der Waals surface area contributed by atoms with Gasteiger partial charge in [-0.05, 0) is 154 Å². The molecule has 4 N–H and O–H groups in total. The van der Waals surface area contributed by atoms with Crippen LogP contribution in [0.1, 0.15) is 457 Å². The van der Waals surface area contributed by atoms with Gasteiger partial charge in [0.15, 0.2) is 6.10 Å². The first-order valence-electron chi connectivity index (χ1n) is 52.4. The summed E-state index contributed by atoms with van der Waals surface area (Å²) in [5, 5.41) is 20.8. The standard InChI is InChI=1S/C111H192O16P2/c1-4-7-10-13-16-19-22-25-28-31-34-37-40-43-46-48-50-52-54-56-59-61-64-67-70-73-76-79-82-85-88-91-94-97-109(114)121-100-106(112)101-123-128(117,118)124-102-107(113)103-125-129(119,120)126-105-108(127-111(116)99-96-93-90-87-84-81-78-75-72-69-66-63-58-45-42-39-36-33-30-27-24-21-18-15-12-9-6-3)104-122-110(115)98-95-92-89-86-83-80-77-74-71-68-65-62-60-57-55-53-51-49-47-44-41-38-35-32-29-26-23-20-17-14-11-8-5-2/h7,9-10,12,16-21,25-30,34-39,43-47,58,106-108,112-113H,4-6,8,11,13-15,22-24,31-33,40-42,48-57,59-105H2,1-3H3,(H,117,118)(H,119,120)/b10-7-,12-9-,19-16-,20-17-,21-18-,28-25-,29-26-,30-27-,37-34-,38-35-,39-36-,46-43-,47-44-,58-45-. The predicted molar refractivity (Wildman–Crippen MR) is 546 cm³/mol. The van der Waals surface area contributed by atoms with Crippen molar-refractivity contribution in [3.63, 3.8) is 0 Å². The molecule has 0 amide bonds. The van der Waals surface area contributed by atoms with Crippen molar-refractivity contribution in [2.75, 3.05) is 39.6 Å². The number of phosphoric ester groups is 2. The highest BCUT2D eigenvalue weighted by atomic mass is 31.2. The minimum Gasteiger partial charge on any atom is -0.463 e. The summed E-state index contributed by atoms with van der Waals surface area (Å²) in [4.78, 5) is 59.3. The Bertz CT molecular complexity index is 3030. The van der Waals surface area contributed by atoms with Crippen LogP contribution in [0.3, 0.4) is 0 Å². The van der Waals surface area contributed by atoms with Crippen molar-refractivity contribution in [1.29, 1.82) is 0 Å². The van der Waals surface area contributed by atoms with Crippen LogP contribution in [0.25, 0.3) is 0 Å². The molecule has 16 nitrogen and oxygen atoms in total. The molecule has 0 rings (SSSR count). The van der Waals surface area contributed by atoms with E-state index in [1.807, 2.05) is 0 Å². The Labute approximate surface area is 790 Å². The van der Waals surface area contributed by atoms with Crippen LogP contribution >= 0.6 is 15.6 Å². The summed E-state index contributed by atoms with van der Waals surface area (Å²) in [5.74, 6) is -1.56. The van der Waals surface area contributed by atoms with E-state index in [0.717, 1.165) is 154 Å². The second-order valence-electron chi connectivity index (χ2n) is 34.9.